The Bertz CT molecular complexity index is 485. The van der Waals surface area contributed by atoms with Crippen molar-refractivity contribution in [2.75, 3.05) is 0 Å². The summed E-state index contributed by atoms with van der Waals surface area (Å²) < 4.78 is -1.03. The second-order valence-electron chi connectivity index (χ2n) is 5.53. The standard InChI is InChI=1S/C14H14ClIO2/c1-13(2)7-11(17)14(16,12(18)8-13)9-3-5-10(15)6-4-9/h3-6H,7-8H2,1-2H3. The van der Waals surface area contributed by atoms with Gasteiger partial charge in [-0.3, -0.25) is 9.59 Å². The Balaban J connectivity index is 2.44. The van der Waals surface area contributed by atoms with Crippen molar-refractivity contribution in [3.05, 3.63) is 34.9 Å². The molecule has 1 aromatic carbocycles. The summed E-state index contributed by atoms with van der Waals surface area (Å²) in [6.45, 7) is 3.92. The van der Waals surface area contributed by atoms with Crippen molar-refractivity contribution in [1.29, 1.82) is 0 Å². The number of alkyl halides is 1. The largest absolute Gasteiger partial charge is 0.297 e. The summed E-state index contributed by atoms with van der Waals surface area (Å²) >= 11 is 7.84. The van der Waals surface area contributed by atoms with E-state index in [2.05, 4.69) is 0 Å². The molecule has 18 heavy (non-hydrogen) atoms. The van der Waals surface area contributed by atoms with E-state index in [1.165, 1.54) is 0 Å². The molecule has 4 heteroatoms. The lowest BCUT2D eigenvalue weighted by Gasteiger charge is -2.37. The molecule has 0 aliphatic heterocycles. The van der Waals surface area contributed by atoms with Gasteiger partial charge in [-0.05, 0) is 23.1 Å². The van der Waals surface area contributed by atoms with Crippen LogP contribution >= 0.6 is 34.2 Å². The van der Waals surface area contributed by atoms with Crippen LogP contribution in [-0.2, 0) is 13.0 Å². The van der Waals surface area contributed by atoms with E-state index >= 15 is 0 Å². The van der Waals surface area contributed by atoms with Crippen LogP contribution in [0.3, 0.4) is 0 Å². The minimum atomic E-state index is -1.03. The number of halogens is 2. The molecule has 0 saturated heterocycles. The van der Waals surface area contributed by atoms with E-state index in [9.17, 15) is 9.59 Å². The molecule has 2 nitrogen and oxygen atoms in total. The van der Waals surface area contributed by atoms with Gasteiger partial charge >= 0.3 is 0 Å². The van der Waals surface area contributed by atoms with Gasteiger partial charge in [-0.2, -0.15) is 0 Å². The molecule has 0 aromatic heterocycles. The molecular weight excluding hydrogens is 363 g/mol. The minimum Gasteiger partial charge on any atom is -0.297 e. The van der Waals surface area contributed by atoms with E-state index in [0.29, 0.717) is 17.9 Å². The second-order valence-corrected chi connectivity index (χ2v) is 7.58. The molecule has 0 spiro atoms. The Labute approximate surface area is 125 Å². The molecule has 0 bridgehead atoms. The predicted molar refractivity (Wildman–Crippen MR) is 80.2 cm³/mol. The highest BCUT2D eigenvalue weighted by Crippen LogP contribution is 2.46. The predicted octanol–water partition coefficient (Wildman–Crippen LogP) is 3.93. The Kier molecular flexibility index (Phi) is 3.58. The van der Waals surface area contributed by atoms with Crippen molar-refractivity contribution in [2.45, 2.75) is 30.1 Å². The van der Waals surface area contributed by atoms with Crippen molar-refractivity contribution in [1.82, 2.24) is 0 Å². The molecule has 0 atom stereocenters. The van der Waals surface area contributed by atoms with Gasteiger partial charge in [0.1, 0.15) is 0 Å². The summed E-state index contributed by atoms with van der Waals surface area (Å²) in [5.41, 5.74) is 0.507. The van der Waals surface area contributed by atoms with Crippen LogP contribution in [-0.4, -0.2) is 11.6 Å². The fraction of sp³-hybridized carbons (Fsp3) is 0.429. The summed E-state index contributed by atoms with van der Waals surface area (Å²) in [6, 6.07) is 6.97. The van der Waals surface area contributed by atoms with Gasteiger partial charge in [-0.1, -0.05) is 60.2 Å². The lowest BCUT2D eigenvalue weighted by Crippen LogP contribution is -2.46. The van der Waals surface area contributed by atoms with Gasteiger partial charge in [0.25, 0.3) is 0 Å². The Morgan fingerprint density at radius 3 is 1.94 bits per heavy atom. The van der Waals surface area contributed by atoms with Crippen LogP contribution in [0.1, 0.15) is 32.3 Å². The zero-order valence-electron chi connectivity index (χ0n) is 10.3. The number of carbonyl (C=O) groups excluding carboxylic acids is 2. The summed E-state index contributed by atoms with van der Waals surface area (Å²) in [5.74, 6) is -0.0154. The third-order valence-electron chi connectivity index (χ3n) is 3.29. The third-order valence-corrected chi connectivity index (χ3v) is 5.37. The topological polar surface area (TPSA) is 34.1 Å². The Hall–Kier alpha value is -0.420. The molecule has 96 valence electrons. The Morgan fingerprint density at radius 2 is 1.50 bits per heavy atom. The summed E-state index contributed by atoms with van der Waals surface area (Å²) in [4.78, 5) is 24.7. The van der Waals surface area contributed by atoms with Gasteiger partial charge in [0.2, 0.25) is 0 Å². The first-order valence-electron chi connectivity index (χ1n) is 5.77. The number of Topliss-reactive ketones (excluding diaryl/α,β-unsaturated/α-hetero) is 2. The highest BCUT2D eigenvalue weighted by atomic mass is 127. The lowest BCUT2D eigenvalue weighted by atomic mass is 9.69. The van der Waals surface area contributed by atoms with E-state index in [1.54, 1.807) is 24.3 Å². The van der Waals surface area contributed by atoms with Gasteiger partial charge in [0.05, 0.1) is 0 Å². The zero-order valence-corrected chi connectivity index (χ0v) is 13.2. The minimum absolute atomic E-state index is 0.00771. The fourth-order valence-corrected chi connectivity index (χ4v) is 3.20. The molecule has 0 radical (unpaired) electrons. The average Bonchev–Trinajstić information content (AvgIpc) is 2.25. The van der Waals surface area contributed by atoms with Crippen LogP contribution in [0.15, 0.2) is 24.3 Å². The average molecular weight is 377 g/mol. The molecule has 1 aliphatic rings. The van der Waals surface area contributed by atoms with Gasteiger partial charge in [0.15, 0.2) is 15.0 Å². The van der Waals surface area contributed by atoms with E-state index in [4.69, 9.17) is 11.6 Å². The quantitative estimate of drug-likeness (QED) is 0.423. The van der Waals surface area contributed by atoms with Crippen molar-refractivity contribution < 1.29 is 9.59 Å². The molecular formula is C14H14ClIO2. The maximum Gasteiger partial charge on any atom is 0.163 e. The van der Waals surface area contributed by atoms with Crippen molar-refractivity contribution in [2.24, 2.45) is 5.41 Å². The first kappa shape index (κ1) is 14.0. The number of hydrogen-bond acceptors (Lipinski definition) is 2. The van der Waals surface area contributed by atoms with Crippen LogP contribution in [0.2, 0.25) is 5.02 Å². The lowest BCUT2D eigenvalue weighted by molar-refractivity contribution is -0.136. The summed E-state index contributed by atoms with van der Waals surface area (Å²) in [7, 11) is 0. The van der Waals surface area contributed by atoms with E-state index < -0.39 is 3.42 Å². The van der Waals surface area contributed by atoms with Crippen LogP contribution in [0.25, 0.3) is 0 Å². The molecule has 1 aliphatic carbocycles. The first-order valence-corrected chi connectivity index (χ1v) is 7.23. The van der Waals surface area contributed by atoms with Crippen molar-refractivity contribution in [3.8, 4) is 0 Å². The van der Waals surface area contributed by atoms with Gasteiger partial charge in [-0.15, -0.1) is 0 Å². The molecule has 0 amide bonds. The molecule has 0 unspecified atom stereocenters. The number of benzene rings is 1. The molecule has 2 rings (SSSR count). The smallest absolute Gasteiger partial charge is 0.163 e. The van der Waals surface area contributed by atoms with Crippen LogP contribution in [0.5, 0.6) is 0 Å². The number of ketones is 2. The molecule has 0 heterocycles. The van der Waals surface area contributed by atoms with Gasteiger partial charge < -0.3 is 0 Å². The summed E-state index contributed by atoms with van der Waals surface area (Å²) in [5, 5.41) is 0.606. The van der Waals surface area contributed by atoms with Gasteiger partial charge in [0, 0.05) is 17.9 Å². The highest BCUT2D eigenvalue weighted by Gasteiger charge is 2.51. The molecule has 0 N–H and O–H groups in total. The Morgan fingerprint density at radius 1 is 1.06 bits per heavy atom. The SMILES string of the molecule is CC1(C)CC(=O)C(I)(c2ccc(Cl)cc2)C(=O)C1. The first-order chi connectivity index (χ1) is 8.25. The highest BCUT2D eigenvalue weighted by molar-refractivity contribution is 14.1. The molecule has 1 fully saturated rings. The zero-order chi connectivity index (χ0) is 13.6. The van der Waals surface area contributed by atoms with Gasteiger partial charge in [-0.25, -0.2) is 0 Å². The number of rotatable bonds is 1. The number of hydrogen-bond donors (Lipinski definition) is 0. The fourth-order valence-electron chi connectivity index (χ4n) is 2.33. The van der Waals surface area contributed by atoms with Crippen LogP contribution in [0, 0.1) is 5.41 Å². The van der Waals surface area contributed by atoms with E-state index in [-0.39, 0.29) is 17.0 Å². The summed E-state index contributed by atoms with van der Waals surface area (Å²) in [6.07, 6.45) is 0.870. The number of carbonyl (C=O) groups is 2. The monoisotopic (exact) mass is 376 g/mol. The van der Waals surface area contributed by atoms with E-state index in [0.717, 1.165) is 5.56 Å². The second kappa shape index (κ2) is 4.60. The molecule has 1 aromatic rings. The molecule has 1 saturated carbocycles. The van der Waals surface area contributed by atoms with Crippen LogP contribution in [0.4, 0.5) is 0 Å². The maximum absolute atomic E-state index is 12.4. The van der Waals surface area contributed by atoms with E-state index in [1.807, 2.05) is 36.4 Å². The van der Waals surface area contributed by atoms with Crippen molar-refractivity contribution >= 4 is 45.8 Å². The van der Waals surface area contributed by atoms with Crippen LogP contribution < -0.4 is 0 Å². The maximum atomic E-state index is 12.4. The third kappa shape index (κ3) is 2.35. The normalized spacial score (nSPS) is 22.0. The van der Waals surface area contributed by atoms with Crippen molar-refractivity contribution in [3.63, 3.8) is 0 Å².